The standard InChI is InChI=1S/C18H32N2O3/c1-5-10-19-17(22)15-12-23-18(8-6-14(4)7-9-18)20(15)16(21)11-13(2)3/h13-15H,5-12H2,1-4H3,(H,19,22)/t14?,15-,18?/m0/s1. The molecule has 2 rings (SSSR count). The van der Waals surface area contributed by atoms with Gasteiger partial charge in [0.05, 0.1) is 6.61 Å². The number of carbonyl (C=O) groups excluding carboxylic acids is 2. The molecule has 0 bridgehead atoms. The second kappa shape index (κ2) is 7.65. The number of nitrogens with zero attached hydrogens (tertiary/aromatic N) is 1. The number of carbonyl (C=O) groups is 2. The summed E-state index contributed by atoms with van der Waals surface area (Å²) in [6, 6.07) is -0.471. The van der Waals surface area contributed by atoms with Crippen molar-refractivity contribution in [1.82, 2.24) is 10.2 Å². The lowest BCUT2D eigenvalue weighted by Gasteiger charge is -2.43. The van der Waals surface area contributed by atoms with Gasteiger partial charge in [-0.2, -0.15) is 0 Å². The minimum absolute atomic E-state index is 0.0590. The Balaban J connectivity index is 2.19. The summed E-state index contributed by atoms with van der Waals surface area (Å²) in [6.45, 7) is 9.32. The molecule has 1 spiro atoms. The van der Waals surface area contributed by atoms with Gasteiger partial charge in [0.2, 0.25) is 11.8 Å². The number of ether oxygens (including phenoxy) is 1. The average molecular weight is 324 g/mol. The number of rotatable bonds is 5. The monoisotopic (exact) mass is 324 g/mol. The fraction of sp³-hybridized carbons (Fsp3) is 0.889. The molecule has 1 saturated carbocycles. The largest absolute Gasteiger partial charge is 0.354 e. The highest BCUT2D eigenvalue weighted by atomic mass is 16.5. The van der Waals surface area contributed by atoms with Crippen molar-refractivity contribution in [3.63, 3.8) is 0 Å². The molecule has 1 atom stereocenters. The third kappa shape index (κ3) is 4.06. The van der Waals surface area contributed by atoms with Gasteiger partial charge in [-0.1, -0.05) is 27.7 Å². The molecule has 0 radical (unpaired) electrons. The Hall–Kier alpha value is -1.10. The van der Waals surface area contributed by atoms with Crippen molar-refractivity contribution in [2.45, 2.75) is 78.0 Å². The normalized spacial score (nSPS) is 30.9. The Morgan fingerprint density at radius 1 is 1.30 bits per heavy atom. The van der Waals surface area contributed by atoms with E-state index in [-0.39, 0.29) is 17.7 Å². The van der Waals surface area contributed by atoms with Crippen molar-refractivity contribution in [2.75, 3.05) is 13.2 Å². The number of hydrogen-bond donors (Lipinski definition) is 1. The van der Waals surface area contributed by atoms with Crippen LogP contribution in [0.3, 0.4) is 0 Å². The third-order valence-corrected chi connectivity index (χ3v) is 5.02. The predicted octanol–water partition coefficient (Wildman–Crippen LogP) is 2.69. The van der Waals surface area contributed by atoms with Crippen molar-refractivity contribution >= 4 is 11.8 Å². The lowest BCUT2D eigenvalue weighted by molar-refractivity contribution is -0.162. The lowest BCUT2D eigenvalue weighted by Crippen LogP contribution is -2.57. The van der Waals surface area contributed by atoms with Gasteiger partial charge in [0.15, 0.2) is 0 Å². The van der Waals surface area contributed by atoms with Crippen LogP contribution in [-0.4, -0.2) is 41.6 Å². The van der Waals surface area contributed by atoms with Crippen LogP contribution in [0.2, 0.25) is 0 Å². The molecule has 1 heterocycles. The highest BCUT2D eigenvalue weighted by Crippen LogP contribution is 2.42. The quantitative estimate of drug-likeness (QED) is 0.846. The number of nitrogens with one attached hydrogen (secondary N) is 1. The van der Waals surface area contributed by atoms with Crippen LogP contribution in [0, 0.1) is 11.8 Å². The van der Waals surface area contributed by atoms with Crippen LogP contribution in [0.5, 0.6) is 0 Å². The van der Waals surface area contributed by atoms with Gasteiger partial charge in [0.1, 0.15) is 11.8 Å². The van der Waals surface area contributed by atoms with E-state index in [1.165, 1.54) is 0 Å². The van der Waals surface area contributed by atoms with E-state index in [9.17, 15) is 9.59 Å². The molecule has 1 saturated heterocycles. The van der Waals surface area contributed by atoms with E-state index in [4.69, 9.17) is 4.74 Å². The minimum Gasteiger partial charge on any atom is -0.354 e. The van der Waals surface area contributed by atoms with E-state index < -0.39 is 11.8 Å². The first kappa shape index (κ1) is 18.2. The SMILES string of the molecule is CCCNC(=O)[C@@H]1COC2(CCC(C)CC2)N1C(=O)CC(C)C. The molecule has 2 fully saturated rings. The summed E-state index contributed by atoms with van der Waals surface area (Å²) in [5.74, 6) is 0.935. The Bertz CT molecular complexity index is 428. The van der Waals surface area contributed by atoms with E-state index in [0.717, 1.165) is 32.1 Å². The summed E-state index contributed by atoms with van der Waals surface area (Å²) in [5.41, 5.74) is -0.549. The van der Waals surface area contributed by atoms with Crippen LogP contribution >= 0.6 is 0 Å². The molecule has 132 valence electrons. The molecule has 0 unspecified atom stereocenters. The lowest BCUT2D eigenvalue weighted by atomic mass is 9.83. The molecule has 1 aliphatic carbocycles. The van der Waals surface area contributed by atoms with Crippen molar-refractivity contribution < 1.29 is 14.3 Å². The number of hydrogen-bond acceptors (Lipinski definition) is 3. The summed E-state index contributed by atoms with van der Waals surface area (Å²) in [5, 5.41) is 2.93. The van der Waals surface area contributed by atoms with Crippen LogP contribution in [0.25, 0.3) is 0 Å². The summed E-state index contributed by atoms with van der Waals surface area (Å²) in [4.78, 5) is 27.2. The minimum atomic E-state index is -0.549. The average Bonchev–Trinajstić information content (AvgIpc) is 2.87. The topological polar surface area (TPSA) is 58.6 Å². The highest BCUT2D eigenvalue weighted by Gasteiger charge is 2.53. The van der Waals surface area contributed by atoms with Gasteiger partial charge in [-0.05, 0) is 43.9 Å². The zero-order valence-corrected chi connectivity index (χ0v) is 15.1. The summed E-state index contributed by atoms with van der Waals surface area (Å²) in [6.07, 6.45) is 5.15. The summed E-state index contributed by atoms with van der Waals surface area (Å²) in [7, 11) is 0. The fourth-order valence-electron chi connectivity index (χ4n) is 3.67. The highest BCUT2D eigenvalue weighted by molar-refractivity contribution is 5.88. The Labute approximate surface area is 140 Å². The van der Waals surface area contributed by atoms with Crippen LogP contribution in [0.1, 0.15) is 66.2 Å². The first-order chi connectivity index (χ1) is 10.9. The Morgan fingerprint density at radius 3 is 2.52 bits per heavy atom. The van der Waals surface area contributed by atoms with Gasteiger partial charge >= 0.3 is 0 Å². The zero-order chi connectivity index (χ0) is 17.0. The van der Waals surface area contributed by atoms with Gasteiger partial charge in [-0.25, -0.2) is 0 Å². The maximum absolute atomic E-state index is 12.9. The van der Waals surface area contributed by atoms with Gasteiger partial charge in [0.25, 0.3) is 0 Å². The van der Waals surface area contributed by atoms with Crippen LogP contribution < -0.4 is 5.32 Å². The smallest absolute Gasteiger partial charge is 0.245 e. The van der Waals surface area contributed by atoms with Gasteiger partial charge in [0, 0.05) is 13.0 Å². The molecule has 5 nitrogen and oxygen atoms in total. The van der Waals surface area contributed by atoms with E-state index in [2.05, 4.69) is 12.2 Å². The molecule has 1 aliphatic heterocycles. The molecule has 2 aliphatic rings. The Kier molecular flexibility index (Phi) is 6.06. The van der Waals surface area contributed by atoms with Crippen molar-refractivity contribution in [2.24, 2.45) is 11.8 Å². The second-order valence-electron chi connectivity index (χ2n) is 7.61. The van der Waals surface area contributed by atoms with E-state index in [1.807, 2.05) is 20.8 Å². The van der Waals surface area contributed by atoms with E-state index in [1.54, 1.807) is 4.90 Å². The molecule has 0 aromatic rings. The fourth-order valence-corrected chi connectivity index (χ4v) is 3.67. The zero-order valence-electron chi connectivity index (χ0n) is 15.1. The molecule has 0 aromatic heterocycles. The maximum atomic E-state index is 12.9. The third-order valence-electron chi connectivity index (χ3n) is 5.02. The summed E-state index contributed by atoms with van der Waals surface area (Å²) < 4.78 is 6.10. The van der Waals surface area contributed by atoms with Gasteiger partial charge in [-0.3, -0.25) is 14.5 Å². The van der Waals surface area contributed by atoms with E-state index in [0.29, 0.717) is 25.5 Å². The van der Waals surface area contributed by atoms with E-state index >= 15 is 0 Å². The molecule has 2 amide bonds. The molecular weight excluding hydrogens is 292 g/mol. The predicted molar refractivity (Wildman–Crippen MR) is 89.7 cm³/mol. The van der Waals surface area contributed by atoms with Crippen molar-refractivity contribution in [3.05, 3.63) is 0 Å². The van der Waals surface area contributed by atoms with Crippen LogP contribution in [0.4, 0.5) is 0 Å². The first-order valence-electron chi connectivity index (χ1n) is 9.13. The first-order valence-corrected chi connectivity index (χ1v) is 9.13. The van der Waals surface area contributed by atoms with Gasteiger partial charge < -0.3 is 10.1 Å². The molecule has 1 N–H and O–H groups in total. The summed E-state index contributed by atoms with van der Waals surface area (Å²) >= 11 is 0. The van der Waals surface area contributed by atoms with Crippen molar-refractivity contribution in [1.29, 1.82) is 0 Å². The number of amides is 2. The van der Waals surface area contributed by atoms with Crippen molar-refractivity contribution in [3.8, 4) is 0 Å². The molecule has 0 aromatic carbocycles. The Morgan fingerprint density at radius 2 is 1.96 bits per heavy atom. The van der Waals surface area contributed by atoms with Gasteiger partial charge in [-0.15, -0.1) is 0 Å². The maximum Gasteiger partial charge on any atom is 0.245 e. The molecule has 23 heavy (non-hydrogen) atoms. The molecular formula is C18H32N2O3. The van der Waals surface area contributed by atoms with Crippen LogP contribution in [-0.2, 0) is 14.3 Å². The van der Waals surface area contributed by atoms with Crippen LogP contribution in [0.15, 0.2) is 0 Å². The second-order valence-corrected chi connectivity index (χ2v) is 7.61. The molecule has 5 heteroatoms.